The first-order valence-electron chi connectivity index (χ1n) is 6.62. The predicted molar refractivity (Wildman–Crippen MR) is 84.1 cm³/mol. The Bertz CT molecular complexity index is 695. The summed E-state index contributed by atoms with van der Waals surface area (Å²) >= 11 is 1.06. The van der Waals surface area contributed by atoms with Crippen LogP contribution in [0.3, 0.4) is 0 Å². The normalized spacial score (nSPS) is 13.4. The molecule has 0 aliphatic carbocycles. The molecule has 0 saturated heterocycles. The standard InChI is InChI=1S/C15H16N2O4S/c1-10-12(17(20)21)8-13(22-10)14(18)16-9-15(2,19)11-6-4-3-5-7-11/h3-8,19H,9H2,1-2H3,(H,16,18). The summed E-state index contributed by atoms with van der Waals surface area (Å²) in [6.07, 6.45) is 0. The van der Waals surface area contributed by atoms with Crippen LogP contribution in [-0.4, -0.2) is 22.5 Å². The molecule has 1 aromatic heterocycles. The first kappa shape index (κ1) is 16.1. The number of hydrogen-bond donors (Lipinski definition) is 2. The van der Waals surface area contributed by atoms with E-state index in [1.165, 1.54) is 6.07 Å². The van der Waals surface area contributed by atoms with Gasteiger partial charge in [0.05, 0.1) is 21.2 Å². The van der Waals surface area contributed by atoms with Gasteiger partial charge in [0.2, 0.25) is 0 Å². The summed E-state index contributed by atoms with van der Waals surface area (Å²) in [6, 6.07) is 10.2. The number of nitro groups is 1. The van der Waals surface area contributed by atoms with E-state index in [2.05, 4.69) is 5.32 Å². The second kappa shape index (κ2) is 6.25. The van der Waals surface area contributed by atoms with Gasteiger partial charge >= 0.3 is 0 Å². The van der Waals surface area contributed by atoms with Crippen molar-refractivity contribution >= 4 is 22.9 Å². The molecule has 1 atom stereocenters. The number of aryl methyl sites for hydroxylation is 1. The molecule has 1 heterocycles. The van der Waals surface area contributed by atoms with Crippen molar-refractivity contribution < 1.29 is 14.8 Å². The maximum atomic E-state index is 12.1. The van der Waals surface area contributed by atoms with E-state index in [1.54, 1.807) is 38.1 Å². The van der Waals surface area contributed by atoms with Gasteiger partial charge in [0, 0.05) is 6.07 Å². The Hall–Kier alpha value is -2.25. The molecule has 0 aliphatic rings. The number of benzene rings is 1. The van der Waals surface area contributed by atoms with Crippen molar-refractivity contribution in [3.63, 3.8) is 0 Å². The van der Waals surface area contributed by atoms with Crippen LogP contribution in [0.1, 0.15) is 27.0 Å². The van der Waals surface area contributed by atoms with Crippen molar-refractivity contribution in [3.8, 4) is 0 Å². The van der Waals surface area contributed by atoms with Crippen LogP contribution in [0.15, 0.2) is 36.4 Å². The number of aliphatic hydroxyl groups is 1. The quantitative estimate of drug-likeness (QED) is 0.654. The molecule has 0 bridgehead atoms. The van der Waals surface area contributed by atoms with Gasteiger partial charge in [-0.25, -0.2) is 0 Å². The highest BCUT2D eigenvalue weighted by Gasteiger charge is 2.25. The molecular formula is C15H16N2O4S. The van der Waals surface area contributed by atoms with Crippen LogP contribution >= 0.6 is 11.3 Å². The van der Waals surface area contributed by atoms with Crippen molar-refractivity contribution in [1.29, 1.82) is 0 Å². The number of amides is 1. The minimum absolute atomic E-state index is 0.0145. The van der Waals surface area contributed by atoms with Crippen molar-refractivity contribution in [3.05, 3.63) is 61.8 Å². The summed E-state index contributed by atoms with van der Waals surface area (Å²) in [5, 5.41) is 23.8. The zero-order valence-electron chi connectivity index (χ0n) is 12.2. The third kappa shape index (κ3) is 3.49. The lowest BCUT2D eigenvalue weighted by molar-refractivity contribution is -0.385. The summed E-state index contributed by atoms with van der Waals surface area (Å²) in [4.78, 5) is 23.1. The number of carbonyl (C=O) groups excluding carboxylic acids is 1. The lowest BCUT2D eigenvalue weighted by atomic mass is 9.96. The fourth-order valence-corrected chi connectivity index (χ4v) is 2.91. The first-order valence-corrected chi connectivity index (χ1v) is 7.44. The highest BCUT2D eigenvalue weighted by Crippen LogP contribution is 2.28. The topological polar surface area (TPSA) is 92.5 Å². The van der Waals surface area contributed by atoms with E-state index in [1.807, 2.05) is 6.07 Å². The molecule has 1 amide bonds. The Balaban J connectivity index is 2.07. The lowest BCUT2D eigenvalue weighted by Gasteiger charge is -2.24. The van der Waals surface area contributed by atoms with Gasteiger partial charge in [0.25, 0.3) is 11.6 Å². The van der Waals surface area contributed by atoms with Crippen LogP contribution in [0.4, 0.5) is 5.69 Å². The molecule has 0 fully saturated rings. The maximum Gasteiger partial charge on any atom is 0.283 e. The minimum atomic E-state index is -1.21. The number of thiophene rings is 1. The average molecular weight is 320 g/mol. The molecule has 0 aliphatic heterocycles. The molecule has 0 radical (unpaired) electrons. The van der Waals surface area contributed by atoms with Gasteiger partial charge < -0.3 is 10.4 Å². The second-order valence-corrected chi connectivity index (χ2v) is 6.39. The van der Waals surface area contributed by atoms with Gasteiger partial charge in [-0.3, -0.25) is 14.9 Å². The first-order chi connectivity index (χ1) is 10.3. The number of rotatable bonds is 5. The highest BCUT2D eigenvalue weighted by molar-refractivity contribution is 7.14. The predicted octanol–water partition coefficient (Wildman–Crippen LogP) is 2.60. The molecule has 1 aromatic carbocycles. The number of nitrogens with one attached hydrogen (secondary N) is 1. The molecule has 22 heavy (non-hydrogen) atoms. The van der Waals surface area contributed by atoms with E-state index in [0.717, 1.165) is 11.3 Å². The monoisotopic (exact) mass is 320 g/mol. The number of carbonyl (C=O) groups is 1. The minimum Gasteiger partial charge on any atom is -0.384 e. The Morgan fingerprint density at radius 1 is 1.41 bits per heavy atom. The second-order valence-electron chi connectivity index (χ2n) is 5.13. The van der Waals surface area contributed by atoms with Crippen LogP contribution in [0.25, 0.3) is 0 Å². The van der Waals surface area contributed by atoms with E-state index >= 15 is 0 Å². The van der Waals surface area contributed by atoms with E-state index in [-0.39, 0.29) is 17.1 Å². The molecule has 0 spiro atoms. The van der Waals surface area contributed by atoms with Crippen LogP contribution in [0.5, 0.6) is 0 Å². The third-order valence-electron chi connectivity index (χ3n) is 3.30. The van der Waals surface area contributed by atoms with Gasteiger partial charge in [-0.15, -0.1) is 11.3 Å². The van der Waals surface area contributed by atoms with Crippen LogP contribution < -0.4 is 5.32 Å². The molecule has 0 saturated carbocycles. The molecule has 7 heteroatoms. The van der Waals surface area contributed by atoms with Gasteiger partial charge in [0.15, 0.2) is 0 Å². The van der Waals surface area contributed by atoms with Gasteiger partial charge in [-0.2, -0.15) is 0 Å². The van der Waals surface area contributed by atoms with E-state index in [4.69, 9.17) is 0 Å². The molecular weight excluding hydrogens is 304 g/mol. The fraction of sp³-hybridized carbons (Fsp3) is 0.267. The Morgan fingerprint density at radius 2 is 2.05 bits per heavy atom. The zero-order valence-corrected chi connectivity index (χ0v) is 13.0. The van der Waals surface area contributed by atoms with Gasteiger partial charge in [-0.1, -0.05) is 30.3 Å². The van der Waals surface area contributed by atoms with Crippen LogP contribution in [0, 0.1) is 17.0 Å². The number of hydrogen-bond acceptors (Lipinski definition) is 5. The SMILES string of the molecule is Cc1sc(C(=O)NCC(C)(O)c2ccccc2)cc1[N+](=O)[O-]. The smallest absolute Gasteiger partial charge is 0.283 e. The van der Waals surface area contributed by atoms with Gasteiger partial charge in [-0.05, 0) is 19.4 Å². The Labute approximate surface area is 131 Å². The third-order valence-corrected chi connectivity index (χ3v) is 4.34. The molecule has 1 unspecified atom stereocenters. The maximum absolute atomic E-state index is 12.1. The van der Waals surface area contributed by atoms with E-state index in [9.17, 15) is 20.0 Å². The van der Waals surface area contributed by atoms with Crippen molar-refractivity contribution in [1.82, 2.24) is 5.32 Å². The summed E-state index contributed by atoms with van der Waals surface area (Å²) in [5.74, 6) is -0.433. The van der Waals surface area contributed by atoms with Crippen LogP contribution in [-0.2, 0) is 5.60 Å². The van der Waals surface area contributed by atoms with Crippen molar-refractivity contribution in [2.24, 2.45) is 0 Å². The molecule has 2 N–H and O–H groups in total. The average Bonchev–Trinajstić information content (AvgIpc) is 2.88. The van der Waals surface area contributed by atoms with E-state index < -0.39 is 16.4 Å². The zero-order chi connectivity index (χ0) is 16.3. The molecule has 116 valence electrons. The summed E-state index contributed by atoms with van der Waals surface area (Å²) in [6.45, 7) is 3.21. The van der Waals surface area contributed by atoms with Crippen molar-refractivity contribution in [2.45, 2.75) is 19.4 Å². The molecule has 6 nitrogen and oxygen atoms in total. The molecule has 2 aromatic rings. The number of nitrogens with zero attached hydrogens (tertiary/aromatic N) is 1. The van der Waals surface area contributed by atoms with E-state index in [0.29, 0.717) is 10.4 Å². The van der Waals surface area contributed by atoms with Crippen molar-refractivity contribution in [2.75, 3.05) is 6.54 Å². The lowest BCUT2D eigenvalue weighted by Crippen LogP contribution is -2.38. The van der Waals surface area contributed by atoms with Crippen LogP contribution in [0.2, 0.25) is 0 Å². The van der Waals surface area contributed by atoms with Gasteiger partial charge in [0.1, 0.15) is 5.60 Å². The highest BCUT2D eigenvalue weighted by atomic mass is 32.1. The summed E-state index contributed by atoms with van der Waals surface area (Å²) in [7, 11) is 0. The summed E-state index contributed by atoms with van der Waals surface area (Å²) < 4.78 is 0. The Kier molecular flexibility index (Phi) is 4.58. The largest absolute Gasteiger partial charge is 0.384 e. The fourth-order valence-electron chi connectivity index (χ4n) is 2.00. The Morgan fingerprint density at radius 3 is 2.59 bits per heavy atom. The summed E-state index contributed by atoms with van der Waals surface area (Å²) in [5.41, 5.74) is -0.594. The molecule has 2 rings (SSSR count).